The molecule has 0 saturated carbocycles. The van der Waals surface area contributed by atoms with Gasteiger partial charge in [-0.1, -0.05) is 45.4 Å². The molecular formula is C18H30N2. The molecule has 1 fully saturated rings. The molecule has 0 radical (unpaired) electrons. The molecule has 1 unspecified atom stereocenters. The molecule has 1 heterocycles. The lowest BCUT2D eigenvalue weighted by Gasteiger charge is -2.32. The Morgan fingerprint density at radius 1 is 1.20 bits per heavy atom. The van der Waals surface area contributed by atoms with Crippen LogP contribution in [-0.2, 0) is 5.41 Å². The van der Waals surface area contributed by atoms with Crippen LogP contribution in [0.2, 0.25) is 0 Å². The van der Waals surface area contributed by atoms with Crippen molar-refractivity contribution in [3.63, 3.8) is 0 Å². The highest BCUT2D eigenvalue weighted by atomic mass is 15.1. The number of hydrogen-bond acceptors (Lipinski definition) is 2. The third kappa shape index (κ3) is 3.99. The molecule has 112 valence electrons. The van der Waals surface area contributed by atoms with Crippen molar-refractivity contribution in [3.8, 4) is 0 Å². The zero-order chi connectivity index (χ0) is 14.6. The van der Waals surface area contributed by atoms with E-state index in [1.165, 1.54) is 43.5 Å². The van der Waals surface area contributed by atoms with E-state index in [2.05, 4.69) is 62.3 Å². The molecule has 2 rings (SSSR count). The maximum atomic E-state index is 3.66. The first-order valence-corrected chi connectivity index (χ1v) is 8.02. The number of nitrogens with zero attached hydrogens (tertiary/aromatic N) is 1. The topological polar surface area (TPSA) is 15.3 Å². The number of likely N-dealkylation sites (tertiary alicyclic amines) is 1. The fraction of sp³-hybridized carbons (Fsp3) is 0.667. The smallest absolute Gasteiger partial charge is 0.0378 e. The van der Waals surface area contributed by atoms with Crippen LogP contribution < -0.4 is 5.32 Å². The van der Waals surface area contributed by atoms with Crippen LogP contribution in [0, 0.1) is 0 Å². The fourth-order valence-electron chi connectivity index (χ4n) is 3.17. The van der Waals surface area contributed by atoms with Crippen molar-refractivity contribution in [2.75, 3.05) is 25.5 Å². The molecular weight excluding hydrogens is 244 g/mol. The van der Waals surface area contributed by atoms with Crippen molar-refractivity contribution in [2.45, 2.75) is 57.9 Å². The SMILES string of the molecule is CN1CCCCC1CCNc1ccccc1C(C)(C)C. The summed E-state index contributed by atoms with van der Waals surface area (Å²) in [5.41, 5.74) is 2.92. The second-order valence-corrected chi connectivity index (χ2v) is 7.14. The van der Waals surface area contributed by atoms with Crippen molar-refractivity contribution in [1.82, 2.24) is 4.90 Å². The first kappa shape index (κ1) is 15.4. The van der Waals surface area contributed by atoms with Gasteiger partial charge in [-0.2, -0.15) is 0 Å². The Hall–Kier alpha value is -1.02. The third-order valence-electron chi connectivity index (χ3n) is 4.45. The van der Waals surface area contributed by atoms with Gasteiger partial charge in [0.25, 0.3) is 0 Å². The standard InChI is InChI=1S/C18H30N2/c1-18(2,3)16-10-5-6-11-17(16)19-13-12-15-9-7-8-14-20(15)4/h5-6,10-11,15,19H,7-9,12-14H2,1-4H3. The molecule has 1 aliphatic rings. The quantitative estimate of drug-likeness (QED) is 0.882. The van der Waals surface area contributed by atoms with E-state index >= 15 is 0 Å². The monoisotopic (exact) mass is 274 g/mol. The van der Waals surface area contributed by atoms with Crippen molar-refractivity contribution in [2.24, 2.45) is 0 Å². The summed E-state index contributed by atoms with van der Waals surface area (Å²) in [6, 6.07) is 9.49. The third-order valence-corrected chi connectivity index (χ3v) is 4.45. The van der Waals surface area contributed by atoms with Crippen LogP contribution in [0.4, 0.5) is 5.69 Å². The van der Waals surface area contributed by atoms with Crippen molar-refractivity contribution in [3.05, 3.63) is 29.8 Å². The molecule has 2 nitrogen and oxygen atoms in total. The molecule has 1 saturated heterocycles. The Balaban J connectivity index is 1.91. The predicted octanol–water partition coefficient (Wildman–Crippen LogP) is 4.27. The summed E-state index contributed by atoms with van der Waals surface area (Å²) in [4.78, 5) is 2.53. The summed E-state index contributed by atoms with van der Waals surface area (Å²) >= 11 is 0. The van der Waals surface area contributed by atoms with Crippen LogP contribution in [0.5, 0.6) is 0 Å². The number of piperidine rings is 1. The predicted molar refractivity (Wildman–Crippen MR) is 88.5 cm³/mol. The van der Waals surface area contributed by atoms with Gasteiger partial charge in [-0.3, -0.25) is 0 Å². The van der Waals surface area contributed by atoms with Gasteiger partial charge in [0.1, 0.15) is 0 Å². The lowest BCUT2D eigenvalue weighted by molar-refractivity contribution is 0.179. The van der Waals surface area contributed by atoms with Crippen LogP contribution in [-0.4, -0.2) is 31.1 Å². The van der Waals surface area contributed by atoms with E-state index in [0.29, 0.717) is 0 Å². The van der Waals surface area contributed by atoms with Crippen LogP contribution in [0.3, 0.4) is 0 Å². The van der Waals surface area contributed by atoms with Crippen LogP contribution in [0.1, 0.15) is 52.0 Å². The highest BCUT2D eigenvalue weighted by Gasteiger charge is 2.19. The maximum absolute atomic E-state index is 3.66. The summed E-state index contributed by atoms with van der Waals surface area (Å²) in [7, 11) is 2.27. The molecule has 2 heteroatoms. The van der Waals surface area contributed by atoms with Crippen molar-refractivity contribution < 1.29 is 0 Å². The van der Waals surface area contributed by atoms with E-state index < -0.39 is 0 Å². The second kappa shape index (κ2) is 6.62. The second-order valence-electron chi connectivity index (χ2n) is 7.14. The Morgan fingerprint density at radius 2 is 1.95 bits per heavy atom. The number of nitrogens with one attached hydrogen (secondary N) is 1. The summed E-state index contributed by atoms with van der Waals surface area (Å²) in [5, 5.41) is 3.66. The molecule has 0 amide bonds. The van der Waals surface area contributed by atoms with E-state index in [-0.39, 0.29) is 5.41 Å². The van der Waals surface area contributed by atoms with E-state index in [9.17, 15) is 0 Å². The lowest BCUT2D eigenvalue weighted by atomic mass is 9.86. The largest absolute Gasteiger partial charge is 0.385 e. The van der Waals surface area contributed by atoms with E-state index in [4.69, 9.17) is 0 Å². The molecule has 0 aromatic heterocycles. The van der Waals surface area contributed by atoms with Gasteiger partial charge in [0.05, 0.1) is 0 Å². The average Bonchev–Trinajstić information content (AvgIpc) is 2.40. The Bertz CT molecular complexity index is 420. The highest BCUT2D eigenvalue weighted by molar-refractivity contribution is 5.54. The highest BCUT2D eigenvalue weighted by Crippen LogP contribution is 2.29. The fourth-order valence-corrected chi connectivity index (χ4v) is 3.17. The van der Waals surface area contributed by atoms with E-state index in [1.807, 2.05) is 0 Å². The molecule has 1 aromatic carbocycles. The Morgan fingerprint density at radius 3 is 2.65 bits per heavy atom. The molecule has 1 aromatic rings. The zero-order valence-electron chi connectivity index (χ0n) is 13.6. The Kier molecular flexibility index (Phi) is 5.09. The first-order chi connectivity index (χ1) is 9.48. The van der Waals surface area contributed by atoms with Gasteiger partial charge >= 0.3 is 0 Å². The summed E-state index contributed by atoms with van der Waals surface area (Å²) in [6.45, 7) is 9.18. The molecule has 1 aliphatic heterocycles. The first-order valence-electron chi connectivity index (χ1n) is 8.02. The van der Waals surface area contributed by atoms with Gasteiger partial charge in [0, 0.05) is 18.3 Å². The number of para-hydroxylation sites is 1. The number of hydrogen-bond donors (Lipinski definition) is 1. The summed E-state index contributed by atoms with van der Waals surface area (Å²) in [6.07, 6.45) is 5.37. The molecule has 0 spiro atoms. The number of anilines is 1. The van der Waals surface area contributed by atoms with Crippen molar-refractivity contribution >= 4 is 5.69 Å². The number of benzene rings is 1. The number of rotatable bonds is 4. The molecule has 0 aliphatic carbocycles. The molecule has 20 heavy (non-hydrogen) atoms. The van der Waals surface area contributed by atoms with E-state index in [0.717, 1.165) is 12.6 Å². The minimum absolute atomic E-state index is 0.200. The maximum Gasteiger partial charge on any atom is 0.0378 e. The average molecular weight is 274 g/mol. The summed E-state index contributed by atoms with van der Waals surface area (Å²) < 4.78 is 0. The van der Waals surface area contributed by atoms with Crippen LogP contribution >= 0.6 is 0 Å². The Labute approximate surface area is 124 Å². The van der Waals surface area contributed by atoms with E-state index in [1.54, 1.807) is 0 Å². The van der Waals surface area contributed by atoms with Gasteiger partial charge in [0.2, 0.25) is 0 Å². The van der Waals surface area contributed by atoms with Gasteiger partial charge < -0.3 is 10.2 Å². The van der Waals surface area contributed by atoms with Gasteiger partial charge in [0.15, 0.2) is 0 Å². The minimum atomic E-state index is 0.200. The zero-order valence-corrected chi connectivity index (χ0v) is 13.6. The molecule has 1 atom stereocenters. The van der Waals surface area contributed by atoms with Crippen molar-refractivity contribution in [1.29, 1.82) is 0 Å². The minimum Gasteiger partial charge on any atom is -0.385 e. The lowest BCUT2D eigenvalue weighted by Crippen LogP contribution is -2.37. The molecule has 1 N–H and O–H groups in total. The van der Waals surface area contributed by atoms with Gasteiger partial charge in [-0.15, -0.1) is 0 Å². The normalized spacial score (nSPS) is 20.9. The van der Waals surface area contributed by atoms with Gasteiger partial charge in [-0.05, 0) is 49.9 Å². The van der Waals surface area contributed by atoms with Gasteiger partial charge in [-0.25, -0.2) is 0 Å². The molecule has 0 bridgehead atoms. The van der Waals surface area contributed by atoms with Crippen LogP contribution in [0.15, 0.2) is 24.3 Å². The summed E-state index contributed by atoms with van der Waals surface area (Å²) in [5.74, 6) is 0. The van der Waals surface area contributed by atoms with Crippen LogP contribution in [0.25, 0.3) is 0 Å².